The van der Waals surface area contributed by atoms with Gasteiger partial charge in [-0.15, -0.1) is 0 Å². The first-order valence-electron chi connectivity index (χ1n) is 13.5. The summed E-state index contributed by atoms with van der Waals surface area (Å²) in [5.74, 6) is -2.42. The predicted molar refractivity (Wildman–Crippen MR) is 147 cm³/mol. The highest BCUT2D eigenvalue weighted by atomic mass is 16.5. The van der Waals surface area contributed by atoms with Crippen LogP contribution in [0.1, 0.15) is 82.3 Å². The zero-order valence-electron chi connectivity index (χ0n) is 22.2. The number of aromatic hydroxyl groups is 4. The summed E-state index contributed by atoms with van der Waals surface area (Å²) in [7, 11) is 0. The monoisotopic (exact) mass is 527 g/mol. The quantitative estimate of drug-likeness (QED) is 0.0769. The van der Waals surface area contributed by atoms with Gasteiger partial charge in [0.2, 0.25) is 0 Å². The molecule has 0 fully saturated rings. The van der Waals surface area contributed by atoms with E-state index in [0.29, 0.717) is 17.7 Å². The van der Waals surface area contributed by atoms with Gasteiger partial charge in [-0.1, -0.05) is 76.8 Å². The lowest BCUT2D eigenvalue weighted by atomic mass is 10.1. The highest BCUT2D eigenvalue weighted by Gasteiger charge is 2.23. The van der Waals surface area contributed by atoms with Crippen molar-refractivity contribution < 1.29 is 34.8 Å². The fourth-order valence-corrected chi connectivity index (χ4v) is 4.02. The van der Waals surface area contributed by atoms with E-state index in [0.717, 1.165) is 25.3 Å². The van der Waals surface area contributed by atoms with Gasteiger partial charge in [0.05, 0.1) is 0 Å². The lowest BCUT2D eigenvalue weighted by molar-refractivity contribution is -0.151. The van der Waals surface area contributed by atoms with Crippen molar-refractivity contribution in [3.8, 4) is 23.0 Å². The number of phenols is 4. The maximum absolute atomic E-state index is 12.9. The van der Waals surface area contributed by atoms with Gasteiger partial charge in [0.1, 0.15) is 0 Å². The lowest BCUT2D eigenvalue weighted by Crippen LogP contribution is -2.39. The normalized spacial score (nSPS) is 11.9. The van der Waals surface area contributed by atoms with E-state index < -0.39 is 18.0 Å². The van der Waals surface area contributed by atoms with Crippen molar-refractivity contribution in [2.75, 3.05) is 6.54 Å². The van der Waals surface area contributed by atoms with Gasteiger partial charge < -0.3 is 30.5 Å². The maximum atomic E-state index is 12.9. The lowest BCUT2D eigenvalue weighted by Gasteiger charge is -2.17. The number of hydrogen-bond donors (Lipinski definition) is 5. The van der Waals surface area contributed by atoms with Gasteiger partial charge in [-0.25, -0.2) is 4.79 Å². The molecule has 38 heavy (non-hydrogen) atoms. The van der Waals surface area contributed by atoms with Crippen molar-refractivity contribution in [1.29, 1.82) is 0 Å². The smallest absolute Gasteiger partial charge is 0.331 e. The molecule has 0 aliphatic rings. The van der Waals surface area contributed by atoms with E-state index in [4.69, 9.17) is 4.74 Å². The zero-order chi connectivity index (χ0) is 27.8. The van der Waals surface area contributed by atoms with Crippen LogP contribution in [-0.4, -0.2) is 45.0 Å². The van der Waals surface area contributed by atoms with Crippen molar-refractivity contribution in [2.45, 2.75) is 83.7 Å². The molecule has 0 bridgehead atoms. The SMILES string of the molecule is CCCCCCCCCCCCNC(=O)[C@@H](Cc1ccc(O)c(O)c1)OC(=O)/C=C/c1ccc(O)c(O)c1. The van der Waals surface area contributed by atoms with Gasteiger partial charge in [-0.2, -0.15) is 0 Å². The summed E-state index contributed by atoms with van der Waals surface area (Å²) in [5, 5.41) is 41.2. The Morgan fingerprint density at radius 3 is 1.97 bits per heavy atom. The molecule has 0 saturated carbocycles. The molecule has 0 aromatic heterocycles. The van der Waals surface area contributed by atoms with Crippen LogP contribution in [0, 0.1) is 0 Å². The van der Waals surface area contributed by atoms with Crippen LogP contribution >= 0.6 is 0 Å². The number of benzene rings is 2. The minimum atomic E-state index is -1.15. The Hall–Kier alpha value is -3.68. The van der Waals surface area contributed by atoms with Crippen LogP contribution in [0.4, 0.5) is 0 Å². The molecule has 0 unspecified atom stereocenters. The largest absolute Gasteiger partial charge is 0.504 e. The summed E-state index contributed by atoms with van der Waals surface area (Å²) in [4.78, 5) is 25.3. The van der Waals surface area contributed by atoms with E-state index in [-0.39, 0.29) is 29.4 Å². The molecule has 2 aromatic rings. The molecular weight excluding hydrogens is 486 g/mol. The Morgan fingerprint density at radius 2 is 1.37 bits per heavy atom. The molecular formula is C30H41NO7. The van der Waals surface area contributed by atoms with E-state index in [1.165, 1.54) is 81.4 Å². The number of esters is 1. The highest BCUT2D eigenvalue weighted by molar-refractivity contribution is 5.90. The van der Waals surface area contributed by atoms with Crippen LogP contribution in [0.25, 0.3) is 6.08 Å². The Labute approximate surface area is 225 Å². The average Bonchev–Trinajstić information content (AvgIpc) is 2.89. The van der Waals surface area contributed by atoms with Crippen LogP contribution in [0.5, 0.6) is 23.0 Å². The summed E-state index contributed by atoms with van der Waals surface area (Å²) in [5.41, 5.74) is 0.974. The van der Waals surface area contributed by atoms with Crippen LogP contribution in [0.15, 0.2) is 42.5 Å². The topological polar surface area (TPSA) is 136 Å². The predicted octanol–water partition coefficient (Wildman–Crippen LogP) is 5.71. The molecule has 8 heteroatoms. The molecule has 2 rings (SSSR count). The number of hydrogen-bond acceptors (Lipinski definition) is 7. The molecule has 0 aliphatic heterocycles. The molecule has 5 N–H and O–H groups in total. The summed E-state index contributed by atoms with van der Waals surface area (Å²) in [6.07, 6.45) is 13.2. The molecule has 0 saturated heterocycles. The zero-order valence-corrected chi connectivity index (χ0v) is 22.2. The van der Waals surface area contributed by atoms with Crippen LogP contribution in [0.3, 0.4) is 0 Å². The van der Waals surface area contributed by atoms with E-state index in [2.05, 4.69) is 12.2 Å². The molecule has 2 aromatic carbocycles. The van der Waals surface area contributed by atoms with Gasteiger partial charge in [-0.3, -0.25) is 4.79 Å². The van der Waals surface area contributed by atoms with Crippen molar-refractivity contribution in [1.82, 2.24) is 5.32 Å². The third-order valence-corrected chi connectivity index (χ3v) is 6.25. The van der Waals surface area contributed by atoms with Crippen molar-refractivity contribution in [3.63, 3.8) is 0 Å². The van der Waals surface area contributed by atoms with Crippen molar-refractivity contribution in [3.05, 3.63) is 53.6 Å². The Kier molecular flexibility index (Phi) is 13.6. The van der Waals surface area contributed by atoms with E-state index in [1.807, 2.05) is 0 Å². The summed E-state index contributed by atoms with van der Waals surface area (Å²) < 4.78 is 5.42. The van der Waals surface area contributed by atoms with Gasteiger partial charge in [0.25, 0.3) is 5.91 Å². The first-order chi connectivity index (χ1) is 18.3. The van der Waals surface area contributed by atoms with Crippen molar-refractivity contribution in [2.24, 2.45) is 0 Å². The van der Waals surface area contributed by atoms with Gasteiger partial charge in [0, 0.05) is 19.0 Å². The fraction of sp³-hybridized carbons (Fsp3) is 0.467. The van der Waals surface area contributed by atoms with E-state index >= 15 is 0 Å². The number of nitrogens with one attached hydrogen (secondary N) is 1. The molecule has 208 valence electrons. The molecule has 1 atom stereocenters. The third kappa shape index (κ3) is 11.6. The number of unbranched alkanes of at least 4 members (excludes halogenated alkanes) is 9. The highest BCUT2D eigenvalue weighted by Crippen LogP contribution is 2.26. The van der Waals surface area contributed by atoms with Crippen molar-refractivity contribution >= 4 is 18.0 Å². The first kappa shape index (κ1) is 30.5. The summed E-state index contributed by atoms with van der Waals surface area (Å²) >= 11 is 0. The fourth-order valence-electron chi connectivity index (χ4n) is 4.02. The number of phenolic OH excluding ortho intramolecular Hbond substituents is 4. The number of ether oxygens (including phenoxy) is 1. The standard InChI is InChI=1S/C30H41NO7/c1-2-3-4-5-6-7-8-9-10-11-18-31-30(37)28(21-23-13-16-25(33)27(35)20-23)38-29(36)17-14-22-12-15-24(32)26(34)19-22/h12-17,19-20,28,32-35H,2-11,18,21H2,1H3,(H,31,37)/b17-14+/t28-/m1/s1. The first-order valence-corrected chi connectivity index (χ1v) is 13.5. The Bertz CT molecular complexity index is 1050. The van der Waals surface area contributed by atoms with Gasteiger partial charge in [0.15, 0.2) is 29.1 Å². The average molecular weight is 528 g/mol. The second-order valence-electron chi connectivity index (χ2n) is 9.51. The molecule has 8 nitrogen and oxygen atoms in total. The number of carbonyl (C=O) groups is 2. The maximum Gasteiger partial charge on any atom is 0.331 e. The van der Waals surface area contributed by atoms with E-state index in [9.17, 15) is 30.0 Å². The Morgan fingerprint density at radius 1 is 0.789 bits per heavy atom. The minimum absolute atomic E-state index is 0.0112. The van der Waals surface area contributed by atoms with Gasteiger partial charge in [-0.05, 0) is 47.9 Å². The van der Waals surface area contributed by atoms with E-state index in [1.54, 1.807) is 6.07 Å². The van der Waals surface area contributed by atoms with Gasteiger partial charge >= 0.3 is 5.97 Å². The Balaban J connectivity index is 1.87. The number of carbonyl (C=O) groups excluding carboxylic acids is 2. The summed E-state index contributed by atoms with van der Waals surface area (Å²) in [6, 6.07) is 8.26. The van der Waals surface area contributed by atoms with Crippen LogP contribution in [0.2, 0.25) is 0 Å². The minimum Gasteiger partial charge on any atom is -0.504 e. The van der Waals surface area contributed by atoms with Crippen LogP contribution < -0.4 is 5.32 Å². The van der Waals surface area contributed by atoms with Crippen LogP contribution in [-0.2, 0) is 20.7 Å². The number of rotatable bonds is 17. The molecule has 0 spiro atoms. The molecule has 0 heterocycles. The second kappa shape index (κ2) is 16.9. The molecule has 0 radical (unpaired) electrons. The third-order valence-electron chi connectivity index (χ3n) is 6.25. The molecule has 1 amide bonds. The molecule has 0 aliphatic carbocycles. The number of amides is 1. The second-order valence-corrected chi connectivity index (χ2v) is 9.51. The summed E-state index contributed by atoms with van der Waals surface area (Å²) in [6.45, 7) is 2.68.